The molecule has 0 aliphatic rings. The van der Waals surface area contributed by atoms with Crippen molar-refractivity contribution in [1.29, 1.82) is 0 Å². The van der Waals surface area contributed by atoms with E-state index in [0.717, 1.165) is 36.7 Å². The standard InChI is InChI=1S/C14H16O2/c1-12-7-8-14(11-16)13(10-12)6-4-2-3-5-9-15/h7-8,10-11,15H,2-3,5,9H2,1H3. The topological polar surface area (TPSA) is 37.3 Å². The van der Waals surface area contributed by atoms with Gasteiger partial charge in [-0.1, -0.05) is 24.0 Å². The van der Waals surface area contributed by atoms with Crippen LogP contribution in [0.15, 0.2) is 18.2 Å². The van der Waals surface area contributed by atoms with E-state index >= 15 is 0 Å². The smallest absolute Gasteiger partial charge is 0.151 e. The van der Waals surface area contributed by atoms with E-state index < -0.39 is 0 Å². The van der Waals surface area contributed by atoms with E-state index in [-0.39, 0.29) is 6.61 Å². The molecule has 0 bridgehead atoms. The van der Waals surface area contributed by atoms with Gasteiger partial charge in [-0.15, -0.1) is 0 Å². The fourth-order valence-corrected chi connectivity index (χ4v) is 1.36. The maximum absolute atomic E-state index is 10.8. The Morgan fingerprint density at radius 3 is 2.88 bits per heavy atom. The molecule has 1 rings (SSSR count). The summed E-state index contributed by atoms with van der Waals surface area (Å²) in [6, 6.07) is 5.61. The highest BCUT2D eigenvalue weighted by Crippen LogP contribution is 2.08. The van der Waals surface area contributed by atoms with Crippen molar-refractivity contribution in [3.8, 4) is 11.8 Å². The number of hydrogen-bond donors (Lipinski definition) is 1. The fraction of sp³-hybridized carbons (Fsp3) is 0.357. The van der Waals surface area contributed by atoms with Gasteiger partial charge in [0.2, 0.25) is 0 Å². The summed E-state index contributed by atoms with van der Waals surface area (Å²) >= 11 is 0. The lowest BCUT2D eigenvalue weighted by Gasteiger charge is -1.98. The normalized spacial score (nSPS) is 9.38. The van der Waals surface area contributed by atoms with E-state index in [1.54, 1.807) is 6.07 Å². The number of unbranched alkanes of at least 4 members (excludes halogenated alkanes) is 2. The van der Waals surface area contributed by atoms with Gasteiger partial charge in [0.25, 0.3) is 0 Å². The fourth-order valence-electron chi connectivity index (χ4n) is 1.36. The summed E-state index contributed by atoms with van der Waals surface area (Å²) in [6.07, 6.45) is 3.26. The van der Waals surface area contributed by atoms with Crippen molar-refractivity contribution < 1.29 is 9.90 Å². The predicted octanol–water partition coefficient (Wildman–Crippen LogP) is 2.32. The minimum absolute atomic E-state index is 0.214. The Labute approximate surface area is 96.3 Å². The molecule has 0 fully saturated rings. The number of carbonyl (C=O) groups excluding carboxylic acids is 1. The lowest BCUT2D eigenvalue weighted by molar-refractivity contribution is 0.112. The molecule has 0 radical (unpaired) electrons. The van der Waals surface area contributed by atoms with Gasteiger partial charge in [0, 0.05) is 24.2 Å². The Balaban J connectivity index is 2.71. The third-order valence-corrected chi connectivity index (χ3v) is 2.27. The molecule has 0 amide bonds. The summed E-state index contributed by atoms with van der Waals surface area (Å²) in [6.45, 7) is 2.19. The maximum Gasteiger partial charge on any atom is 0.151 e. The summed E-state index contributed by atoms with van der Waals surface area (Å²) < 4.78 is 0. The van der Waals surface area contributed by atoms with Crippen LogP contribution < -0.4 is 0 Å². The Bertz CT molecular complexity index is 410. The van der Waals surface area contributed by atoms with Crippen LogP contribution in [0.2, 0.25) is 0 Å². The van der Waals surface area contributed by atoms with Gasteiger partial charge in [-0.3, -0.25) is 4.79 Å². The van der Waals surface area contributed by atoms with Gasteiger partial charge < -0.3 is 5.11 Å². The molecule has 0 saturated heterocycles. The number of aliphatic hydroxyl groups excluding tert-OH is 1. The molecule has 0 aliphatic carbocycles. The molecule has 16 heavy (non-hydrogen) atoms. The molecule has 0 aliphatic heterocycles. The highest BCUT2D eigenvalue weighted by molar-refractivity contribution is 5.79. The number of hydrogen-bond acceptors (Lipinski definition) is 2. The molecule has 0 heterocycles. The largest absolute Gasteiger partial charge is 0.396 e. The van der Waals surface area contributed by atoms with Crippen molar-refractivity contribution in [2.75, 3.05) is 6.61 Å². The zero-order chi connectivity index (χ0) is 11.8. The Kier molecular flexibility index (Phi) is 5.31. The van der Waals surface area contributed by atoms with Crippen LogP contribution in [0.5, 0.6) is 0 Å². The molecule has 0 aromatic heterocycles. The van der Waals surface area contributed by atoms with Gasteiger partial charge in [0.15, 0.2) is 6.29 Å². The highest BCUT2D eigenvalue weighted by atomic mass is 16.2. The highest BCUT2D eigenvalue weighted by Gasteiger charge is 1.97. The van der Waals surface area contributed by atoms with Gasteiger partial charge >= 0.3 is 0 Å². The summed E-state index contributed by atoms with van der Waals surface area (Å²) in [5, 5.41) is 8.61. The molecular weight excluding hydrogens is 200 g/mol. The van der Waals surface area contributed by atoms with E-state index in [0.29, 0.717) is 5.56 Å². The van der Waals surface area contributed by atoms with Crippen molar-refractivity contribution in [3.05, 3.63) is 34.9 Å². The number of benzene rings is 1. The molecule has 0 saturated carbocycles. The van der Waals surface area contributed by atoms with Crippen LogP contribution in [0.25, 0.3) is 0 Å². The van der Waals surface area contributed by atoms with Crippen LogP contribution >= 0.6 is 0 Å². The molecular formula is C14H16O2. The minimum Gasteiger partial charge on any atom is -0.396 e. The van der Waals surface area contributed by atoms with Gasteiger partial charge in [-0.05, 0) is 31.4 Å². The molecule has 0 unspecified atom stereocenters. The number of aldehydes is 1. The minimum atomic E-state index is 0.214. The molecule has 2 heteroatoms. The number of aryl methyl sites for hydroxylation is 1. The van der Waals surface area contributed by atoms with Crippen molar-refractivity contribution in [3.63, 3.8) is 0 Å². The Morgan fingerprint density at radius 1 is 1.38 bits per heavy atom. The summed E-state index contributed by atoms with van der Waals surface area (Å²) in [7, 11) is 0. The Hall–Kier alpha value is -1.59. The van der Waals surface area contributed by atoms with Crippen molar-refractivity contribution in [1.82, 2.24) is 0 Å². The van der Waals surface area contributed by atoms with Crippen molar-refractivity contribution in [2.24, 2.45) is 0 Å². The molecule has 0 atom stereocenters. The van der Waals surface area contributed by atoms with Crippen LogP contribution in [0.3, 0.4) is 0 Å². The average molecular weight is 216 g/mol. The van der Waals surface area contributed by atoms with Gasteiger partial charge in [0.05, 0.1) is 0 Å². The van der Waals surface area contributed by atoms with E-state index in [2.05, 4.69) is 11.8 Å². The van der Waals surface area contributed by atoms with Crippen LogP contribution in [0.4, 0.5) is 0 Å². The summed E-state index contributed by atoms with van der Waals surface area (Å²) in [5.74, 6) is 6.02. The lowest BCUT2D eigenvalue weighted by atomic mass is 10.1. The average Bonchev–Trinajstić information content (AvgIpc) is 2.29. The van der Waals surface area contributed by atoms with Gasteiger partial charge in [-0.2, -0.15) is 0 Å². The molecule has 1 aromatic rings. The summed E-state index contributed by atoms with van der Waals surface area (Å²) in [5.41, 5.74) is 2.53. The van der Waals surface area contributed by atoms with Crippen LogP contribution in [0, 0.1) is 18.8 Å². The monoisotopic (exact) mass is 216 g/mol. The van der Waals surface area contributed by atoms with Gasteiger partial charge in [0.1, 0.15) is 0 Å². The van der Waals surface area contributed by atoms with Crippen LogP contribution in [-0.4, -0.2) is 18.0 Å². The van der Waals surface area contributed by atoms with E-state index in [9.17, 15) is 4.79 Å². The molecule has 1 N–H and O–H groups in total. The Morgan fingerprint density at radius 2 is 2.19 bits per heavy atom. The third-order valence-electron chi connectivity index (χ3n) is 2.27. The van der Waals surface area contributed by atoms with E-state index in [1.807, 2.05) is 19.1 Å². The number of carbonyl (C=O) groups is 1. The second kappa shape index (κ2) is 6.81. The first-order valence-corrected chi connectivity index (χ1v) is 5.43. The lowest BCUT2D eigenvalue weighted by Crippen LogP contribution is -1.88. The number of rotatable bonds is 4. The van der Waals surface area contributed by atoms with Crippen LogP contribution in [-0.2, 0) is 0 Å². The number of aliphatic hydroxyl groups is 1. The SMILES string of the molecule is Cc1ccc(C=O)c(C#CCCCCO)c1. The summed E-state index contributed by atoms with van der Waals surface area (Å²) in [4.78, 5) is 10.8. The van der Waals surface area contributed by atoms with E-state index in [4.69, 9.17) is 5.11 Å². The molecule has 0 spiro atoms. The van der Waals surface area contributed by atoms with Gasteiger partial charge in [-0.25, -0.2) is 0 Å². The maximum atomic E-state index is 10.8. The second-order valence-corrected chi connectivity index (χ2v) is 3.69. The first-order chi connectivity index (χ1) is 7.77. The molecule has 2 nitrogen and oxygen atoms in total. The zero-order valence-electron chi connectivity index (χ0n) is 9.49. The van der Waals surface area contributed by atoms with Crippen molar-refractivity contribution >= 4 is 6.29 Å². The second-order valence-electron chi connectivity index (χ2n) is 3.69. The zero-order valence-corrected chi connectivity index (χ0v) is 9.49. The molecule has 84 valence electrons. The predicted molar refractivity (Wildman–Crippen MR) is 64.4 cm³/mol. The first kappa shape index (κ1) is 12.5. The first-order valence-electron chi connectivity index (χ1n) is 5.43. The van der Waals surface area contributed by atoms with Crippen LogP contribution in [0.1, 0.15) is 40.7 Å². The van der Waals surface area contributed by atoms with E-state index in [1.165, 1.54) is 0 Å². The third kappa shape index (κ3) is 3.88. The molecule has 1 aromatic carbocycles. The van der Waals surface area contributed by atoms with Crippen molar-refractivity contribution in [2.45, 2.75) is 26.2 Å². The quantitative estimate of drug-likeness (QED) is 0.476.